The normalized spacial score (nSPS) is 18.6. The first-order valence-corrected chi connectivity index (χ1v) is 8.84. The van der Waals surface area contributed by atoms with Crippen molar-refractivity contribution >= 4 is 41.5 Å². The molecule has 2 aromatic rings. The third-order valence-electron chi connectivity index (χ3n) is 4.63. The molecule has 2 heterocycles. The van der Waals surface area contributed by atoms with E-state index >= 15 is 0 Å². The van der Waals surface area contributed by atoms with E-state index in [4.69, 9.17) is 16.3 Å². The van der Waals surface area contributed by atoms with Crippen LogP contribution in [0.25, 0.3) is 0 Å². The summed E-state index contributed by atoms with van der Waals surface area (Å²) in [6.07, 6.45) is 0. The highest BCUT2D eigenvalue weighted by Crippen LogP contribution is 2.32. The Morgan fingerprint density at radius 3 is 2.85 bits per heavy atom. The van der Waals surface area contributed by atoms with Gasteiger partial charge in [0.25, 0.3) is 11.8 Å². The first kappa shape index (κ1) is 19.5. The van der Waals surface area contributed by atoms with Crippen LogP contribution in [0.2, 0.25) is 5.02 Å². The van der Waals surface area contributed by atoms with Crippen molar-refractivity contribution in [3.05, 3.63) is 58.6 Å². The molecule has 0 radical (unpaired) electrons. The maximum absolute atomic E-state index is 13.2. The van der Waals surface area contributed by atoms with Crippen LogP contribution in [0.1, 0.15) is 22.0 Å². The van der Waals surface area contributed by atoms with Gasteiger partial charge in [0.15, 0.2) is 6.61 Å². The van der Waals surface area contributed by atoms with Crippen LogP contribution in [0.4, 0.5) is 5.69 Å². The molecule has 0 bridgehead atoms. The Morgan fingerprint density at radius 1 is 1.22 bits per heavy atom. The van der Waals surface area contributed by atoms with Crippen molar-refractivity contribution in [1.29, 1.82) is 0 Å². The highest BCUT2D eigenvalue weighted by molar-refractivity contribution is 6.31. The van der Waals surface area contributed by atoms with Gasteiger partial charge in [0.05, 0.1) is 11.7 Å². The molecule has 142 valence electrons. The van der Waals surface area contributed by atoms with Gasteiger partial charge in [-0.2, -0.15) is 0 Å². The zero-order valence-corrected chi connectivity index (χ0v) is 16.0. The van der Waals surface area contributed by atoms with Crippen molar-refractivity contribution in [3.63, 3.8) is 0 Å². The predicted molar refractivity (Wildman–Crippen MR) is 106 cm³/mol. The van der Waals surface area contributed by atoms with Crippen molar-refractivity contribution in [3.8, 4) is 5.75 Å². The maximum atomic E-state index is 13.2. The number of anilines is 1. The molecule has 8 heteroatoms. The van der Waals surface area contributed by atoms with Crippen molar-refractivity contribution in [2.45, 2.75) is 6.04 Å². The summed E-state index contributed by atoms with van der Waals surface area (Å²) in [6, 6.07) is 12.5. The molecule has 2 aliphatic rings. The standard InChI is InChI=1S/C19H18ClN3O3.ClH/c20-14-4-2-1-3-13(14)16-10-21-7-8-23(16)19(25)12-5-6-17-15(9-12)22-18(24)11-26-17;/h1-6,9,16,21H,7-8,10-11H2,(H,22,24);1H. The Kier molecular flexibility index (Phi) is 5.89. The van der Waals surface area contributed by atoms with Gasteiger partial charge in [-0.25, -0.2) is 0 Å². The van der Waals surface area contributed by atoms with Crippen molar-refractivity contribution < 1.29 is 14.3 Å². The van der Waals surface area contributed by atoms with Crippen LogP contribution in [0.5, 0.6) is 5.75 Å². The van der Waals surface area contributed by atoms with E-state index < -0.39 is 0 Å². The molecule has 2 amide bonds. The minimum absolute atomic E-state index is 0. The van der Waals surface area contributed by atoms with E-state index in [1.54, 1.807) is 18.2 Å². The summed E-state index contributed by atoms with van der Waals surface area (Å²) in [6.45, 7) is 1.93. The number of rotatable bonds is 2. The lowest BCUT2D eigenvalue weighted by atomic mass is 10.0. The SMILES string of the molecule is Cl.O=C1COc2ccc(C(=O)N3CCNCC3c3ccccc3Cl)cc2N1. The van der Waals surface area contributed by atoms with Gasteiger partial charge in [-0.05, 0) is 29.8 Å². The van der Waals surface area contributed by atoms with Gasteiger partial charge >= 0.3 is 0 Å². The Balaban J connectivity index is 0.00000210. The Labute approximate surface area is 168 Å². The smallest absolute Gasteiger partial charge is 0.262 e. The fraction of sp³-hybridized carbons (Fsp3) is 0.263. The fourth-order valence-electron chi connectivity index (χ4n) is 3.35. The summed E-state index contributed by atoms with van der Waals surface area (Å²) in [5, 5.41) is 6.71. The zero-order chi connectivity index (χ0) is 18.1. The van der Waals surface area contributed by atoms with Gasteiger partial charge in [0, 0.05) is 30.2 Å². The Bertz CT molecular complexity index is 875. The molecule has 2 aliphatic heterocycles. The van der Waals surface area contributed by atoms with Crippen LogP contribution in [-0.4, -0.2) is 43.0 Å². The molecule has 0 spiro atoms. The molecule has 1 saturated heterocycles. The lowest BCUT2D eigenvalue weighted by Gasteiger charge is -2.37. The van der Waals surface area contributed by atoms with Crippen LogP contribution >= 0.6 is 24.0 Å². The molecule has 2 N–H and O–H groups in total. The number of carbonyl (C=O) groups is 2. The second-order valence-corrected chi connectivity index (χ2v) is 6.69. The van der Waals surface area contributed by atoms with E-state index in [0.29, 0.717) is 35.1 Å². The van der Waals surface area contributed by atoms with Crippen molar-refractivity contribution in [2.24, 2.45) is 0 Å². The van der Waals surface area contributed by atoms with Gasteiger partial charge in [-0.15, -0.1) is 12.4 Å². The number of ether oxygens (including phenoxy) is 1. The first-order chi connectivity index (χ1) is 12.6. The average molecular weight is 408 g/mol. The maximum Gasteiger partial charge on any atom is 0.262 e. The number of benzene rings is 2. The number of amides is 2. The minimum atomic E-state index is -0.224. The molecule has 0 aromatic heterocycles. The molecule has 0 saturated carbocycles. The monoisotopic (exact) mass is 407 g/mol. The van der Waals surface area contributed by atoms with Crippen LogP contribution in [-0.2, 0) is 4.79 Å². The second kappa shape index (κ2) is 8.17. The van der Waals surface area contributed by atoms with Gasteiger partial charge in [0.2, 0.25) is 0 Å². The molecule has 2 aromatic carbocycles. The largest absolute Gasteiger partial charge is 0.482 e. The van der Waals surface area contributed by atoms with Gasteiger partial charge < -0.3 is 20.3 Å². The van der Waals surface area contributed by atoms with Crippen LogP contribution in [0, 0.1) is 0 Å². The summed E-state index contributed by atoms with van der Waals surface area (Å²) in [7, 11) is 0. The van der Waals surface area contributed by atoms with Crippen molar-refractivity contribution in [1.82, 2.24) is 10.2 Å². The third kappa shape index (κ3) is 3.88. The van der Waals surface area contributed by atoms with E-state index in [-0.39, 0.29) is 36.9 Å². The molecular formula is C19H19Cl2N3O3. The summed E-state index contributed by atoms with van der Waals surface area (Å²) in [5.41, 5.74) is 1.95. The molecule has 6 nitrogen and oxygen atoms in total. The summed E-state index contributed by atoms with van der Waals surface area (Å²) >= 11 is 6.35. The number of nitrogens with one attached hydrogen (secondary N) is 2. The van der Waals surface area contributed by atoms with E-state index in [9.17, 15) is 9.59 Å². The predicted octanol–water partition coefficient (Wildman–Crippen LogP) is 2.88. The molecule has 1 unspecified atom stereocenters. The quantitative estimate of drug-likeness (QED) is 0.802. The lowest BCUT2D eigenvalue weighted by Crippen LogP contribution is -2.48. The number of nitrogens with zero attached hydrogens (tertiary/aromatic N) is 1. The topological polar surface area (TPSA) is 70.7 Å². The first-order valence-electron chi connectivity index (χ1n) is 8.46. The van der Waals surface area contributed by atoms with Gasteiger partial charge in [0.1, 0.15) is 5.75 Å². The Hall–Kier alpha value is -2.28. The van der Waals surface area contributed by atoms with Crippen molar-refractivity contribution in [2.75, 3.05) is 31.6 Å². The van der Waals surface area contributed by atoms with Crippen LogP contribution < -0.4 is 15.4 Å². The number of hydrogen-bond acceptors (Lipinski definition) is 4. The highest BCUT2D eigenvalue weighted by Gasteiger charge is 2.30. The number of carbonyl (C=O) groups excluding carboxylic acids is 2. The molecular weight excluding hydrogens is 389 g/mol. The molecule has 4 rings (SSSR count). The fourth-order valence-corrected chi connectivity index (χ4v) is 3.61. The van der Waals surface area contributed by atoms with Gasteiger partial charge in [-0.1, -0.05) is 29.8 Å². The number of piperazine rings is 1. The lowest BCUT2D eigenvalue weighted by molar-refractivity contribution is -0.118. The molecule has 27 heavy (non-hydrogen) atoms. The van der Waals surface area contributed by atoms with E-state index in [1.165, 1.54) is 0 Å². The average Bonchev–Trinajstić information content (AvgIpc) is 2.67. The number of halogens is 2. The Morgan fingerprint density at radius 2 is 2.04 bits per heavy atom. The summed E-state index contributed by atoms with van der Waals surface area (Å²) in [5.74, 6) is 0.251. The summed E-state index contributed by atoms with van der Waals surface area (Å²) < 4.78 is 5.36. The van der Waals surface area contributed by atoms with E-state index in [2.05, 4.69) is 10.6 Å². The molecule has 1 atom stereocenters. The second-order valence-electron chi connectivity index (χ2n) is 6.29. The third-order valence-corrected chi connectivity index (χ3v) is 4.97. The minimum Gasteiger partial charge on any atom is -0.482 e. The van der Waals surface area contributed by atoms with Crippen LogP contribution in [0.15, 0.2) is 42.5 Å². The zero-order valence-electron chi connectivity index (χ0n) is 14.4. The van der Waals surface area contributed by atoms with Crippen LogP contribution in [0.3, 0.4) is 0 Å². The van der Waals surface area contributed by atoms with E-state index in [0.717, 1.165) is 12.1 Å². The van der Waals surface area contributed by atoms with E-state index in [1.807, 2.05) is 29.2 Å². The highest BCUT2D eigenvalue weighted by atomic mass is 35.5. The van der Waals surface area contributed by atoms with Gasteiger partial charge in [-0.3, -0.25) is 9.59 Å². The molecule has 0 aliphatic carbocycles. The number of fused-ring (bicyclic) bond motifs is 1. The molecule has 1 fully saturated rings. The number of hydrogen-bond donors (Lipinski definition) is 2. The summed E-state index contributed by atoms with van der Waals surface area (Å²) in [4.78, 5) is 26.5.